The summed E-state index contributed by atoms with van der Waals surface area (Å²) < 4.78 is 16.7. The largest absolute Gasteiger partial charge is 0.462 e. The van der Waals surface area contributed by atoms with Crippen molar-refractivity contribution >= 4 is 17.9 Å². The van der Waals surface area contributed by atoms with Gasteiger partial charge in [-0.3, -0.25) is 14.4 Å². The highest BCUT2D eigenvalue weighted by Gasteiger charge is 2.19. The van der Waals surface area contributed by atoms with Gasteiger partial charge in [-0.2, -0.15) is 0 Å². The van der Waals surface area contributed by atoms with Crippen molar-refractivity contribution in [3.8, 4) is 0 Å². The van der Waals surface area contributed by atoms with Gasteiger partial charge in [-0.15, -0.1) is 0 Å². The molecule has 1 unspecified atom stereocenters. The molecule has 0 rings (SSSR count). The van der Waals surface area contributed by atoms with E-state index in [1.165, 1.54) is 154 Å². The van der Waals surface area contributed by atoms with E-state index in [1.807, 2.05) is 6.08 Å². The molecule has 6 nitrogen and oxygen atoms in total. The summed E-state index contributed by atoms with van der Waals surface area (Å²) in [6.07, 6.45) is 74.8. The van der Waals surface area contributed by atoms with Gasteiger partial charge in [0.05, 0.1) is 0 Å². The van der Waals surface area contributed by atoms with E-state index in [0.29, 0.717) is 19.3 Å². The lowest BCUT2D eigenvalue weighted by atomic mass is 10.0. The molecule has 0 bridgehead atoms. The van der Waals surface area contributed by atoms with Gasteiger partial charge >= 0.3 is 17.9 Å². The summed E-state index contributed by atoms with van der Waals surface area (Å²) in [7, 11) is 0. The standard InChI is InChI=1S/C63H108O6/c1-4-7-10-13-16-18-20-22-24-26-28-29-30-31-32-33-35-36-38-40-42-44-47-50-53-56-62(65)68-59-60(58-67-61(64)55-52-49-46-15-12-9-6-3)69-63(66)57-54-51-48-45-43-41-39-37-34-27-25-23-21-19-17-14-11-8-5-2/h8,11,17,19,23,25-26,28,34,37,41,43,48,51,60H,4-7,9-10,12-16,18,20-22,24,27,29-33,35-36,38-40,42,44-47,49-50,52-59H2,1-3H3/b11-8-,19-17-,25-23-,28-26-,37-34-,43-41-,51-48-. The zero-order valence-electron chi connectivity index (χ0n) is 45.3. The minimum Gasteiger partial charge on any atom is -0.462 e. The summed E-state index contributed by atoms with van der Waals surface area (Å²) >= 11 is 0. The quantitative estimate of drug-likeness (QED) is 0.0262. The molecule has 0 saturated carbocycles. The Morgan fingerprint density at radius 1 is 0.304 bits per heavy atom. The molecule has 0 aromatic rings. The van der Waals surface area contributed by atoms with Crippen molar-refractivity contribution in [2.45, 2.75) is 284 Å². The van der Waals surface area contributed by atoms with Crippen LogP contribution in [0.25, 0.3) is 0 Å². The number of hydrogen-bond donors (Lipinski definition) is 0. The molecule has 0 aromatic carbocycles. The first-order valence-electron chi connectivity index (χ1n) is 29.1. The van der Waals surface area contributed by atoms with E-state index in [4.69, 9.17) is 14.2 Å². The second kappa shape index (κ2) is 57.2. The Morgan fingerprint density at radius 2 is 0.594 bits per heavy atom. The first-order chi connectivity index (χ1) is 34.0. The van der Waals surface area contributed by atoms with E-state index >= 15 is 0 Å². The summed E-state index contributed by atoms with van der Waals surface area (Å²) in [5, 5.41) is 0. The third-order valence-corrected chi connectivity index (χ3v) is 12.4. The smallest absolute Gasteiger partial charge is 0.306 e. The van der Waals surface area contributed by atoms with Crippen LogP contribution < -0.4 is 0 Å². The number of carbonyl (C=O) groups is 3. The Kier molecular flexibility index (Phi) is 54.3. The molecule has 0 amide bonds. The Hall–Kier alpha value is -3.41. The van der Waals surface area contributed by atoms with E-state index in [9.17, 15) is 14.4 Å². The summed E-state index contributed by atoms with van der Waals surface area (Å²) in [5.74, 6) is -0.992. The lowest BCUT2D eigenvalue weighted by Gasteiger charge is -2.18. The Balaban J connectivity index is 4.24. The van der Waals surface area contributed by atoms with E-state index in [-0.39, 0.29) is 31.6 Å². The molecule has 0 aliphatic carbocycles. The van der Waals surface area contributed by atoms with Gasteiger partial charge in [0.2, 0.25) is 0 Å². The van der Waals surface area contributed by atoms with Gasteiger partial charge in [0.1, 0.15) is 13.2 Å². The number of rotatable bonds is 52. The molecule has 0 fully saturated rings. The lowest BCUT2D eigenvalue weighted by Crippen LogP contribution is -2.30. The molecule has 396 valence electrons. The molecule has 69 heavy (non-hydrogen) atoms. The number of allylic oxidation sites excluding steroid dienone is 14. The van der Waals surface area contributed by atoms with Gasteiger partial charge in [-0.25, -0.2) is 0 Å². The Labute approximate surface area is 426 Å². The van der Waals surface area contributed by atoms with Crippen LogP contribution in [0.1, 0.15) is 278 Å². The van der Waals surface area contributed by atoms with Crippen molar-refractivity contribution in [3.05, 3.63) is 85.1 Å². The molecule has 0 N–H and O–H groups in total. The molecule has 0 spiro atoms. The van der Waals surface area contributed by atoms with Gasteiger partial charge in [0.25, 0.3) is 0 Å². The summed E-state index contributed by atoms with van der Waals surface area (Å²) in [5.41, 5.74) is 0. The maximum absolute atomic E-state index is 12.8. The molecule has 0 aliphatic heterocycles. The normalized spacial score (nSPS) is 12.7. The Bertz CT molecular complexity index is 1330. The third-order valence-electron chi connectivity index (χ3n) is 12.4. The average Bonchev–Trinajstić information content (AvgIpc) is 3.35. The van der Waals surface area contributed by atoms with Crippen LogP contribution >= 0.6 is 0 Å². The SMILES string of the molecule is CC/C=C\C/C=C\C/C=C\C/C=C\C/C=C\C/C=C\CCC(=O)OC(COC(=O)CCCCCCCCC)COC(=O)CCCCCCCCCCCCCCC/C=C\CCCCCCCCCC. The van der Waals surface area contributed by atoms with Gasteiger partial charge in [0, 0.05) is 19.3 Å². The van der Waals surface area contributed by atoms with Crippen LogP contribution in [0.3, 0.4) is 0 Å². The molecular formula is C63H108O6. The second-order valence-corrected chi connectivity index (χ2v) is 19.2. The second-order valence-electron chi connectivity index (χ2n) is 19.2. The highest BCUT2D eigenvalue weighted by molar-refractivity contribution is 5.71. The van der Waals surface area contributed by atoms with Crippen molar-refractivity contribution in [2.24, 2.45) is 0 Å². The predicted molar refractivity (Wildman–Crippen MR) is 297 cm³/mol. The van der Waals surface area contributed by atoms with E-state index in [2.05, 4.69) is 99.8 Å². The molecular weight excluding hydrogens is 853 g/mol. The van der Waals surface area contributed by atoms with Gasteiger partial charge in [-0.05, 0) is 83.5 Å². The fourth-order valence-electron chi connectivity index (χ4n) is 8.05. The van der Waals surface area contributed by atoms with Crippen molar-refractivity contribution in [1.82, 2.24) is 0 Å². The number of ether oxygens (including phenoxy) is 3. The first-order valence-corrected chi connectivity index (χ1v) is 29.1. The fourth-order valence-corrected chi connectivity index (χ4v) is 8.05. The Morgan fingerprint density at radius 3 is 0.942 bits per heavy atom. The molecule has 1 atom stereocenters. The van der Waals surface area contributed by atoms with Crippen LogP contribution in [-0.4, -0.2) is 37.2 Å². The van der Waals surface area contributed by atoms with Crippen molar-refractivity contribution in [2.75, 3.05) is 13.2 Å². The first kappa shape index (κ1) is 65.6. The van der Waals surface area contributed by atoms with E-state index < -0.39 is 12.1 Å². The van der Waals surface area contributed by atoms with Gasteiger partial charge < -0.3 is 14.2 Å². The average molecular weight is 962 g/mol. The van der Waals surface area contributed by atoms with E-state index in [1.54, 1.807) is 0 Å². The maximum Gasteiger partial charge on any atom is 0.306 e. The van der Waals surface area contributed by atoms with Gasteiger partial charge in [0.15, 0.2) is 6.10 Å². The zero-order chi connectivity index (χ0) is 50.0. The minimum atomic E-state index is -0.814. The van der Waals surface area contributed by atoms with Crippen LogP contribution in [0.4, 0.5) is 0 Å². The fraction of sp³-hybridized carbons (Fsp3) is 0.730. The zero-order valence-corrected chi connectivity index (χ0v) is 45.3. The predicted octanol–water partition coefficient (Wildman–Crippen LogP) is 19.5. The van der Waals surface area contributed by atoms with Crippen molar-refractivity contribution in [3.63, 3.8) is 0 Å². The van der Waals surface area contributed by atoms with Crippen LogP contribution in [0.5, 0.6) is 0 Å². The summed E-state index contributed by atoms with van der Waals surface area (Å²) in [4.78, 5) is 37.9. The number of unbranched alkanes of at least 4 members (excludes halogenated alkanes) is 27. The molecule has 0 radical (unpaired) electrons. The van der Waals surface area contributed by atoms with Crippen LogP contribution in [0, 0.1) is 0 Å². The molecule has 0 aliphatic rings. The van der Waals surface area contributed by atoms with Crippen molar-refractivity contribution < 1.29 is 28.6 Å². The molecule has 6 heteroatoms. The highest BCUT2D eigenvalue weighted by atomic mass is 16.6. The third kappa shape index (κ3) is 55.4. The molecule has 0 saturated heterocycles. The number of esters is 3. The lowest BCUT2D eigenvalue weighted by molar-refractivity contribution is -0.166. The van der Waals surface area contributed by atoms with Crippen LogP contribution in [0.2, 0.25) is 0 Å². The summed E-state index contributed by atoms with van der Waals surface area (Å²) in [6.45, 7) is 6.43. The van der Waals surface area contributed by atoms with Gasteiger partial charge in [-0.1, -0.05) is 260 Å². The van der Waals surface area contributed by atoms with Crippen LogP contribution in [-0.2, 0) is 28.6 Å². The molecule has 0 aromatic heterocycles. The maximum atomic E-state index is 12.8. The minimum absolute atomic E-state index is 0.105. The van der Waals surface area contributed by atoms with E-state index in [0.717, 1.165) is 77.0 Å². The van der Waals surface area contributed by atoms with Crippen molar-refractivity contribution in [1.29, 1.82) is 0 Å². The van der Waals surface area contributed by atoms with Crippen LogP contribution in [0.15, 0.2) is 85.1 Å². The molecule has 0 heterocycles. The highest BCUT2D eigenvalue weighted by Crippen LogP contribution is 2.15. The topological polar surface area (TPSA) is 78.9 Å². The number of hydrogen-bond acceptors (Lipinski definition) is 6. The monoisotopic (exact) mass is 961 g/mol. The number of carbonyl (C=O) groups excluding carboxylic acids is 3. The summed E-state index contributed by atoms with van der Waals surface area (Å²) in [6, 6.07) is 0.